The summed E-state index contributed by atoms with van der Waals surface area (Å²) in [5.41, 5.74) is 10.6. The highest BCUT2D eigenvalue weighted by Crippen LogP contribution is 2.36. The van der Waals surface area contributed by atoms with E-state index >= 15 is 0 Å². The number of primary amides is 1. The van der Waals surface area contributed by atoms with Crippen molar-refractivity contribution >= 4 is 22.2 Å². The van der Waals surface area contributed by atoms with Crippen LogP contribution in [0.1, 0.15) is 35.7 Å². The van der Waals surface area contributed by atoms with Crippen LogP contribution in [-0.4, -0.2) is 39.2 Å². The molecule has 2 aliphatic rings. The Balaban J connectivity index is 2.11. The third-order valence-electron chi connectivity index (χ3n) is 4.52. The first-order valence-electron chi connectivity index (χ1n) is 7.83. The quantitative estimate of drug-likeness (QED) is 0.560. The van der Waals surface area contributed by atoms with E-state index in [1.807, 2.05) is 0 Å². The van der Waals surface area contributed by atoms with E-state index in [1.54, 1.807) is 11.2 Å². The van der Waals surface area contributed by atoms with Crippen molar-refractivity contribution in [2.45, 2.75) is 25.3 Å². The second-order valence-corrected chi connectivity index (χ2v) is 8.92. The first-order valence-corrected chi connectivity index (χ1v) is 9.67. The molecule has 1 aromatic rings. The number of carbonyl (C=O) groups is 1. The number of amides is 1. The van der Waals surface area contributed by atoms with E-state index in [9.17, 15) is 13.4 Å². The highest BCUT2D eigenvalue weighted by molar-refractivity contribution is 7.99. The lowest BCUT2D eigenvalue weighted by Crippen LogP contribution is -2.60. The van der Waals surface area contributed by atoms with Crippen molar-refractivity contribution in [1.29, 1.82) is 0 Å². The minimum absolute atomic E-state index is 0.0971. The number of carbonyl (C=O) groups excluding carboxylic acids is 1. The zero-order chi connectivity index (χ0) is 17.5. The predicted octanol–water partition coefficient (Wildman–Crippen LogP) is 0.000200. The number of rotatable bonds is 2. The molecule has 1 amide bonds. The second kappa shape index (κ2) is 5.82. The largest absolute Gasteiger partial charge is 0.369 e. The van der Waals surface area contributed by atoms with E-state index in [0.29, 0.717) is 13.1 Å². The molecular weight excluding hydrogens is 333 g/mol. The van der Waals surface area contributed by atoms with Crippen molar-refractivity contribution in [3.63, 3.8) is 0 Å². The maximum atomic E-state index is 14.4. The number of halogens is 1. The summed E-state index contributed by atoms with van der Waals surface area (Å²) in [6, 6.07) is 3.86. The summed E-state index contributed by atoms with van der Waals surface area (Å²) in [5, 5.41) is 0. The van der Waals surface area contributed by atoms with Gasteiger partial charge in [0, 0.05) is 34.5 Å². The maximum Gasteiger partial charge on any atom is 0.248 e. The molecule has 1 atom stereocenters. The van der Waals surface area contributed by atoms with Crippen LogP contribution in [0.15, 0.2) is 23.2 Å². The summed E-state index contributed by atoms with van der Waals surface area (Å²) in [4.78, 5) is 15.8. The van der Waals surface area contributed by atoms with Crippen LogP contribution in [0.2, 0.25) is 0 Å². The lowest BCUT2D eigenvalue weighted by molar-refractivity contribution is 0.1000. The fourth-order valence-corrected chi connectivity index (χ4v) is 6.19. The lowest BCUT2D eigenvalue weighted by atomic mass is 9.92. The number of guanidine groups is 1. The molecule has 1 fully saturated rings. The van der Waals surface area contributed by atoms with Crippen LogP contribution in [0.25, 0.3) is 0 Å². The smallest absolute Gasteiger partial charge is 0.248 e. The SMILES string of the molecule is C[C@@]1(c2cc(C(N)=O)ccc2F)C[SH]2(=O)NCCCCN2C(N)=N1. The summed E-state index contributed by atoms with van der Waals surface area (Å²) >= 11 is 0. The van der Waals surface area contributed by atoms with Crippen LogP contribution >= 0.6 is 0 Å². The Bertz CT molecular complexity index is 768. The number of nitrogens with two attached hydrogens (primary N) is 2. The van der Waals surface area contributed by atoms with Gasteiger partial charge in [0.1, 0.15) is 11.4 Å². The van der Waals surface area contributed by atoms with Gasteiger partial charge < -0.3 is 11.5 Å². The molecule has 1 aromatic carbocycles. The number of fused-ring (bicyclic) bond motifs is 1. The molecule has 9 heteroatoms. The Hall–Kier alpha value is -2.00. The molecule has 0 aromatic heterocycles. The van der Waals surface area contributed by atoms with Crippen molar-refractivity contribution in [2.24, 2.45) is 16.5 Å². The Kier molecular flexibility index (Phi) is 4.08. The van der Waals surface area contributed by atoms with E-state index < -0.39 is 27.6 Å². The van der Waals surface area contributed by atoms with Crippen molar-refractivity contribution in [1.82, 2.24) is 9.03 Å². The van der Waals surface area contributed by atoms with Crippen molar-refractivity contribution in [3.05, 3.63) is 35.1 Å². The first kappa shape index (κ1) is 16.8. The first-order chi connectivity index (χ1) is 11.3. The molecule has 0 radical (unpaired) electrons. The Morgan fingerprint density at radius 1 is 1.46 bits per heavy atom. The molecular formula is C15H22FN5O2S. The number of benzene rings is 1. The fourth-order valence-electron chi connectivity index (χ4n) is 3.31. The average Bonchev–Trinajstić information content (AvgIpc) is 2.68. The third kappa shape index (κ3) is 2.78. The molecule has 0 saturated carbocycles. The number of hydrogen-bond donors (Lipinski definition) is 4. The zero-order valence-electron chi connectivity index (χ0n) is 13.5. The van der Waals surface area contributed by atoms with Gasteiger partial charge in [0.25, 0.3) is 0 Å². The fraction of sp³-hybridized carbons (Fsp3) is 0.467. The Labute approximate surface area is 141 Å². The number of thiol groups is 1. The van der Waals surface area contributed by atoms with Gasteiger partial charge in [0.05, 0.1) is 5.75 Å². The van der Waals surface area contributed by atoms with E-state index in [2.05, 4.69) is 9.71 Å². The van der Waals surface area contributed by atoms with Gasteiger partial charge >= 0.3 is 0 Å². The van der Waals surface area contributed by atoms with Gasteiger partial charge in [-0.3, -0.25) is 13.3 Å². The summed E-state index contributed by atoms with van der Waals surface area (Å²) in [5.74, 6) is -0.965. The Morgan fingerprint density at radius 3 is 2.92 bits per heavy atom. The van der Waals surface area contributed by atoms with Gasteiger partial charge in [0.2, 0.25) is 11.9 Å². The zero-order valence-corrected chi connectivity index (χ0v) is 14.4. The number of hydrogen-bond acceptors (Lipinski definition) is 4. The average molecular weight is 355 g/mol. The normalized spacial score (nSPS) is 27.6. The number of nitrogens with one attached hydrogen (secondary N) is 1. The van der Waals surface area contributed by atoms with E-state index in [0.717, 1.165) is 12.8 Å². The van der Waals surface area contributed by atoms with Crippen LogP contribution in [-0.2, 0) is 15.8 Å². The van der Waals surface area contributed by atoms with E-state index in [-0.39, 0.29) is 22.8 Å². The molecule has 0 unspecified atom stereocenters. The van der Waals surface area contributed by atoms with Crippen LogP contribution in [0.4, 0.5) is 4.39 Å². The van der Waals surface area contributed by atoms with Gasteiger partial charge in [-0.05, 0) is 38.0 Å². The van der Waals surface area contributed by atoms with E-state index in [4.69, 9.17) is 11.5 Å². The van der Waals surface area contributed by atoms with Crippen molar-refractivity contribution in [3.8, 4) is 0 Å². The third-order valence-corrected chi connectivity index (χ3v) is 7.47. The van der Waals surface area contributed by atoms with Gasteiger partial charge in [-0.1, -0.05) is 0 Å². The lowest BCUT2D eigenvalue weighted by Gasteiger charge is -2.45. The molecule has 24 heavy (non-hydrogen) atoms. The number of aliphatic imine (C=N–C) groups is 1. The van der Waals surface area contributed by atoms with Gasteiger partial charge in [-0.15, -0.1) is 0 Å². The minimum Gasteiger partial charge on any atom is -0.369 e. The highest BCUT2D eigenvalue weighted by Gasteiger charge is 2.43. The minimum atomic E-state index is -3.02. The summed E-state index contributed by atoms with van der Waals surface area (Å²) in [7, 11) is -3.02. The highest BCUT2D eigenvalue weighted by atomic mass is 32.3. The van der Waals surface area contributed by atoms with Crippen molar-refractivity contribution in [2.75, 3.05) is 18.8 Å². The second-order valence-electron chi connectivity index (χ2n) is 6.40. The van der Waals surface area contributed by atoms with Crippen LogP contribution in [0.3, 0.4) is 0 Å². The summed E-state index contributed by atoms with van der Waals surface area (Å²) in [6.45, 7) is 2.84. The van der Waals surface area contributed by atoms with Crippen LogP contribution < -0.4 is 16.2 Å². The molecule has 0 aliphatic carbocycles. The standard InChI is InChI=1S/C15H22FN5O2S/c1-15(11-8-10(13(17)22)4-5-12(11)16)9-24(23)19-6-2-3-7-21(24)14(18)20-15/h4-5,8,24H,2-3,6-7,9H2,1H3,(H2,17,22)(H2,18,20)(H,19,23)/t15-/m0/s1. The molecule has 5 N–H and O–H groups in total. The molecule has 2 aliphatic heterocycles. The van der Waals surface area contributed by atoms with Crippen LogP contribution in [0.5, 0.6) is 0 Å². The molecule has 1 saturated heterocycles. The van der Waals surface area contributed by atoms with Gasteiger partial charge in [-0.2, -0.15) is 0 Å². The molecule has 2 heterocycles. The van der Waals surface area contributed by atoms with Crippen molar-refractivity contribution < 1.29 is 13.4 Å². The monoisotopic (exact) mass is 355 g/mol. The molecule has 0 spiro atoms. The van der Waals surface area contributed by atoms with Crippen LogP contribution in [0, 0.1) is 5.82 Å². The van der Waals surface area contributed by atoms with E-state index in [1.165, 1.54) is 18.2 Å². The summed E-state index contributed by atoms with van der Waals surface area (Å²) in [6.07, 6.45) is 1.74. The molecule has 132 valence electrons. The Morgan fingerprint density at radius 2 is 2.21 bits per heavy atom. The number of nitrogens with zero attached hydrogens (tertiary/aromatic N) is 2. The molecule has 3 rings (SSSR count). The summed E-state index contributed by atoms with van der Waals surface area (Å²) < 4.78 is 32.5. The maximum absolute atomic E-state index is 14.4. The molecule has 7 nitrogen and oxygen atoms in total. The topological polar surface area (TPSA) is 114 Å². The predicted molar refractivity (Wildman–Crippen MR) is 92.2 cm³/mol. The van der Waals surface area contributed by atoms with Gasteiger partial charge in [-0.25, -0.2) is 14.1 Å². The molecule has 0 bridgehead atoms. The van der Waals surface area contributed by atoms with Gasteiger partial charge in [0.15, 0.2) is 0 Å².